The van der Waals surface area contributed by atoms with E-state index in [0.29, 0.717) is 35.8 Å². The van der Waals surface area contributed by atoms with E-state index < -0.39 is 0 Å². The molecule has 1 aliphatic carbocycles. The number of anilines is 1. The SMILES string of the molecule is COc1ccc(Cl)cc1N1CC(C(=O)NC2CCC(O)CC2)CC1=O. The van der Waals surface area contributed by atoms with Gasteiger partial charge in [0, 0.05) is 24.0 Å². The molecule has 0 spiro atoms. The molecule has 3 rings (SSSR count). The third-order valence-corrected chi connectivity index (χ3v) is 5.21. The number of hydrogen-bond acceptors (Lipinski definition) is 4. The van der Waals surface area contributed by atoms with Gasteiger partial charge < -0.3 is 20.1 Å². The van der Waals surface area contributed by atoms with Crippen molar-refractivity contribution < 1.29 is 19.4 Å². The molecule has 1 saturated heterocycles. The molecule has 1 atom stereocenters. The van der Waals surface area contributed by atoms with Crippen LogP contribution in [0.2, 0.25) is 5.02 Å². The normalized spacial score (nSPS) is 26.6. The second-order valence-corrected chi connectivity index (χ2v) is 7.17. The van der Waals surface area contributed by atoms with E-state index in [2.05, 4.69) is 5.32 Å². The number of halogens is 1. The highest BCUT2D eigenvalue weighted by Crippen LogP contribution is 2.35. The van der Waals surface area contributed by atoms with Crippen LogP contribution in [0.5, 0.6) is 5.75 Å². The van der Waals surface area contributed by atoms with Crippen molar-refractivity contribution in [3.8, 4) is 5.75 Å². The molecule has 136 valence electrons. The number of rotatable bonds is 4. The van der Waals surface area contributed by atoms with Gasteiger partial charge in [0.05, 0.1) is 24.8 Å². The molecule has 1 aliphatic heterocycles. The number of aliphatic hydroxyl groups is 1. The van der Waals surface area contributed by atoms with Crippen molar-refractivity contribution >= 4 is 29.1 Å². The summed E-state index contributed by atoms with van der Waals surface area (Å²) >= 11 is 6.05. The van der Waals surface area contributed by atoms with Gasteiger partial charge in [-0.3, -0.25) is 9.59 Å². The van der Waals surface area contributed by atoms with Crippen LogP contribution in [0.25, 0.3) is 0 Å². The van der Waals surface area contributed by atoms with Crippen LogP contribution < -0.4 is 15.0 Å². The van der Waals surface area contributed by atoms with Gasteiger partial charge in [0.1, 0.15) is 5.75 Å². The molecule has 2 fully saturated rings. The summed E-state index contributed by atoms with van der Waals surface area (Å²) in [5.41, 5.74) is 0.594. The van der Waals surface area contributed by atoms with Gasteiger partial charge in [0.15, 0.2) is 0 Å². The Kier molecular flexibility index (Phi) is 5.49. The molecule has 1 aromatic carbocycles. The summed E-state index contributed by atoms with van der Waals surface area (Å²) in [4.78, 5) is 26.5. The fourth-order valence-corrected chi connectivity index (χ4v) is 3.70. The molecule has 1 saturated carbocycles. The van der Waals surface area contributed by atoms with Crippen LogP contribution in [0.3, 0.4) is 0 Å². The van der Waals surface area contributed by atoms with Gasteiger partial charge in [-0.25, -0.2) is 0 Å². The molecule has 0 bridgehead atoms. The Morgan fingerprint density at radius 1 is 1.32 bits per heavy atom. The second kappa shape index (κ2) is 7.62. The molecule has 1 heterocycles. The van der Waals surface area contributed by atoms with Crippen LogP contribution in [0, 0.1) is 5.92 Å². The summed E-state index contributed by atoms with van der Waals surface area (Å²) in [6, 6.07) is 5.18. The Morgan fingerprint density at radius 2 is 2.04 bits per heavy atom. The van der Waals surface area contributed by atoms with Gasteiger partial charge in [-0.2, -0.15) is 0 Å². The van der Waals surface area contributed by atoms with Crippen LogP contribution in [-0.4, -0.2) is 42.7 Å². The molecule has 1 unspecified atom stereocenters. The zero-order valence-electron chi connectivity index (χ0n) is 14.2. The molecule has 6 nitrogen and oxygen atoms in total. The maximum Gasteiger partial charge on any atom is 0.227 e. The lowest BCUT2D eigenvalue weighted by Crippen LogP contribution is -2.42. The topological polar surface area (TPSA) is 78.9 Å². The largest absolute Gasteiger partial charge is 0.495 e. The van der Waals surface area contributed by atoms with Crippen molar-refractivity contribution in [1.29, 1.82) is 0 Å². The van der Waals surface area contributed by atoms with Gasteiger partial charge in [-0.15, -0.1) is 0 Å². The standard InChI is InChI=1S/C18H23ClN2O4/c1-25-16-7-2-12(19)9-15(16)21-10-11(8-17(21)23)18(24)20-13-3-5-14(22)6-4-13/h2,7,9,11,13-14,22H,3-6,8,10H2,1H3,(H,20,24). The number of hydrogen-bond donors (Lipinski definition) is 2. The van der Waals surface area contributed by atoms with Gasteiger partial charge in [0.2, 0.25) is 11.8 Å². The van der Waals surface area contributed by atoms with E-state index in [9.17, 15) is 14.7 Å². The Bertz CT molecular complexity index is 658. The number of nitrogens with one attached hydrogen (secondary N) is 1. The minimum absolute atomic E-state index is 0.0840. The molecular formula is C18H23ClN2O4. The minimum atomic E-state index is -0.386. The molecule has 0 aromatic heterocycles. The number of methoxy groups -OCH3 is 1. The summed E-state index contributed by atoms with van der Waals surface area (Å²) < 4.78 is 5.31. The lowest BCUT2D eigenvalue weighted by atomic mass is 9.92. The molecule has 1 aromatic rings. The van der Waals surface area contributed by atoms with Gasteiger partial charge in [0.25, 0.3) is 0 Å². The molecule has 2 amide bonds. The Balaban J connectivity index is 1.66. The lowest BCUT2D eigenvalue weighted by Gasteiger charge is -2.27. The van der Waals surface area contributed by atoms with Crippen LogP contribution in [0.4, 0.5) is 5.69 Å². The Hall–Kier alpha value is -1.79. The molecule has 0 radical (unpaired) electrons. The van der Waals surface area contributed by atoms with E-state index in [4.69, 9.17) is 16.3 Å². The Labute approximate surface area is 152 Å². The zero-order chi connectivity index (χ0) is 18.0. The van der Waals surface area contributed by atoms with E-state index in [0.717, 1.165) is 12.8 Å². The van der Waals surface area contributed by atoms with Crippen molar-refractivity contribution in [3.63, 3.8) is 0 Å². The molecule has 2 aliphatic rings. The molecule has 7 heteroatoms. The minimum Gasteiger partial charge on any atom is -0.495 e. The highest BCUT2D eigenvalue weighted by atomic mass is 35.5. The number of amides is 2. The first-order valence-corrected chi connectivity index (χ1v) is 8.98. The Morgan fingerprint density at radius 3 is 2.72 bits per heavy atom. The number of carbonyl (C=O) groups excluding carboxylic acids is 2. The van der Waals surface area contributed by atoms with Crippen molar-refractivity contribution in [2.24, 2.45) is 5.92 Å². The van der Waals surface area contributed by atoms with Gasteiger partial charge in [-0.05, 0) is 43.9 Å². The maximum atomic E-state index is 12.5. The summed E-state index contributed by atoms with van der Waals surface area (Å²) in [6.45, 7) is 0.316. The summed E-state index contributed by atoms with van der Waals surface area (Å²) in [5.74, 6) is -0.0406. The molecule has 2 N–H and O–H groups in total. The van der Waals surface area contributed by atoms with E-state index in [-0.39, 0.29) is 36.3 Å². The predicted octanol–water partition coefficient (Wildman–Crippen LogP) is 2.12. The first kappa shape index (κ1) is 18.0. The smallest absolute Gasteiger partial charge is 0.227 e. The van der Waals surface area contributed by atoms with Crippen molar-refractivity contribution in [2.45, 2.75) is 44.2 Å². The third kappa shape index (κ3) is 4.07. The van der Waals surface area contributed by atoms with E-state index in [1.54, 1.807) is 23.1 Å². The van der Waals surface area contributed by atoms with Crippen LogP contribution >= 0.6 is 11.6 Å². The highest BCUT2D eigenvalue weighted by molar-refractivity contribution is 6.31. The molecule has 25 heavy (non-hydrogen) atoms. The first-order valence-electron chi connectivity index (χ1n) is 8.60. The number of ether oxygens (including phenoxy) is 1. The quantitative estimate of drug-likeness (QED) is 0.855. The zero-order valence-corrected chi connectivity index (χ0v) is 15.0. The molecular weight excluding hydrogens is 344 g/mol. The predicted molar refractivity (Wildman–Crippen MR) is 94.9 cm³/mol. The van der Waals surface area contributed by atoms with Crippen molar-refractivity contribution in [1.82, 2.24) is 5.32 Å². The average molecular weight is 367 g/mol. The van der Waals surface area contributed by atoms with Gasteiger partial charge >= 0.3 is 0 Å². The second-order valence-electron chi connectivity index (χ2n) is 6.74. The van der Waals surface area contributed by atoms with Crippen molar-refractivity contribution in [2.75, 3.05) is 18.6 Å². The monoisotopic (exact) mass is 366 g/mol. The lowest BCUT2D eigenvalue weighted by molar-refractivity contribution is -0.127. The van der Waals surface area contributed by atoms with Crippen molar-refractivity contribution in [3.05, 3.63) is 23.2 Å². The number of nitrogens with zero attached hydrogens (tertiary/aromatic N) is 1. The number of benzene rings is 1. The highest BCUT2D eigenvalue weighted by Gasteiger charge is 2.37. The fraction of sp³-hybridized carbons (Fsp3) is 0.556. The average Bonchev–Trinajstić information content (AvgIpc) is 2.98. The van der Waals surface area contributed by atoms with Crippen LogP contribution in [0.1, 0.15) is 32.1 Å². The number of aliphatic hydroxyl groups excluding tert-OH is 1. The van der Waals surface area contributed by atoms with E-state index >= 15 is 0 Å². The van der Waals surface area contributed by atoms with Crippen LogP contribution in [-0.2, 0) is 9.59 Å². The summed E-state index contributed by atoms with van der Waals surface area (Å²) in [7, 11) is 1.54. The van der Waals surface area contributed by atoms with Crippen LogP contribution in [0.15, 0.2) is 18.2 Å². The third-order valence-electron chi connectivity index (χ3n) is 4.97. The van der Waals surface area contributed by atoms with E-state index in [1.807, 2.05) is 0 Å². The maximum absolute atomic E-state index is 12.5. The van der Waals surface area contributed by atoms with E-state index in [1.165, 1.54) is 7.11 Å². The van der Waals surface area contributed by atoms with Gasteiger partial charge in [-0.1, -0.05) is 11.6 Å². The summed E-state index contributed by atoms with van der Waals surface area (Å²) in [6.07, 6.45) is 2.89. The number of carbonyl (C=O) groups is 2. The fourth-order valence-electron chi connectivity index (χ4n) is 3.53. The first-order chi connectivity index (χ1) is 12.0. The summed E-state index contributed by atoms with van der Waals surface area (Å²) in [5, 5.41) is 13.1.